The van der Waals surface area contributed by atoms with Crippen molar-refractivity contribution in [2.75, 3.05) is 12.8 Å². The van der Waals surface area contributed by atoms with Crippen LogP contribution in [0.2, 0.25) is 0 Å². The molecular formula is C22H18N2OS. The van der Waals surface area contributed by atoms with Gasteiger partial charge in [-0.3, -0.25) is 0 Å². The predicted molar refractivity (Wildman–Crippen MR) is 111 cm³/mol. The molecule has 0 saturated heterocycles. The Labute approximate surface area is 156 Å². The number of anilines is 1. The third kappa shape index (κ3) is 3.32. The lowest BCUT2D eigenvalue weighted by Crippen LogP contribution is -1.87. The zero-order valence-electron chi connectivity index (χ0n) is 14.3. The average Bonchev–Trinajstić information content (AvgIpc) is 3.11. The van der Waals surface area contributed by atoms with Crippen LogP contribution in [0.25, 0.3) is 32.9 Å². The second-order valence-corrected chi connectivity index (χ2v) is 6.97. The summed E-state index contributed by atoms with van der Waals surface area (Å²) in [7, 11) is 1.68. The molecule has 0 spiro atoms. The Morgan fingerprint density at radius 3 is 2.54 bits per heavy atom. The van der Waals surface area contributed by atoms with Crippen molar-refractivity contribution in [2.24, 2.45) is 0 Å². The summed E-state index contributed by atoms with van der Waals surface area (Å²) < 4.78 is 6.41. The van der Waals surface area contributed by atoms with Gasteiger partial charge in [0.15, 0.2) is 0 Å². The Hall–Kier alpha value is -3.11. The van der Waals surface area contributed by atoms with Crippen LogP contribution in [0.4, 0.5) is 5.69 Å². The summed E-state index contributed by atoms with van der Waals surface area (Å²) in [5.74, 6) is 0.855. The van der Waals surface area contributed by atoms with E-state index in [1.165, 1.54) is 0 Å². The third-order valence-corrected chi connectivity index (χ3v) is 5.27. The number of thiazole rings is 1. The van der Waals surface area contributed by atoms with Crippen molar-refractivity contribution in [3.63, 3.8) is 0 Å². The van der Waals surface area contributed by atoms with Gasteiger partial charge in [0.2, 0.25) is 0 Å². The summed E-state index contributed by atoms with van der Waals surface area (Å²) in [6.45, 7) is 0. The maximum atomic E-state index is 5.98. The number of hydrogen-bond acceptors (Lipinski definition) is 4. The highest BCUT2D eigenvalue weighted by molar-refractivity contribution is 7.21. The highest BCUT2D eigenvalue weighted by Gasteiger charge is 2.07. The van der Waals surface area contributed by atoms with Crippen molar-refractivity contribution >= 4 is 39.4 Å². The Kier molecular flexibility index (Phi) is 4.42. The van der Waals surface area contributed by atoms with Crippen LogP contribution in [0.15, 0.2) is 66.7 Å². The minimum atomic E-state index is 0.783. The lowest BCUT2D eigenvalue weighted by atomic mass is 10.1. The standard InChI is InChI=1S/C22H18N2OS/c1-25-18-12-13-20-21(14-18)26-22(24-20)17-10-7-15(8-11-17)6-9-16-4-2-3-5-19(16)23/h2-14H,23H2,1H3/b9-6+. The Balaban J connectivity index is 1.59. The molecule has 0 radical (unpaired) electrons. The van der Waals surface area contributed by atoms with Crippen LogP contribution in [0.5, 0.6) is 5.75 Å². The molecule has 0 bridgehead atoms. The molecule has 0 saturated carbocycles. The third-order valence-electron chi connectivity index (χ3n) is 4.20. The first-order chi connectivity index (χ1) is 12.7. The van der Waals surface area contributed by atoms with E-state index in [0.29, 0.717) is 0 Å². The number of methoxy groups -OCH3 is 1. The fourth-order valence-electron chi connectivity index (χ4n) is 2.74. The Morgan fingerprint density at radius 1 is 0.962 bits per heavy atom. The van der Waals surface area contributed by atoms with Crippen molar-refractivity contribution in [1.82, 2.24) is 4.98 Å². The highest BCUT2D eigenvalue weighted by Crippen LogP contribution is 2.32. The van der Waals surface area contributed by atoms with Gasteiger partial charge in [0.1, 0.15) is 10.8 Å². The first kappa shape index (κ1) is 16.4. The number of benzene rings is 3. The van der Waals surface area contributed by atoms with Crippen LogP contribution in [-0.2, 0) is 0 Å². The molecule has 0 fully saturated rings. The maximum Gasteiger partial charge on any atom is 0.124 e. The van der Waals surface area contributed by atoms with Crippen LogP contribution in [-0.4, -0.2) is 12.1 Å². The first-order valence-electron chi connectivity index (χ1n) is 8.30. The Morgan fingerprint density at radius 2 is 1.77 bits per heavy atom. The van der Waals surface area contributed by atoms with Crippen molar-refractivity contribution < 1.29 is 4.74 Å². The number of nitrogens with zero attached hydrogens (tertiary/aromatic N) is 1. The quantitative estimate of drug-likeness (QED) is 0.375. The summed E-state index contributed by atoms with van der Waals surface area (Å²) in [6, 6.07) is 22.2. The van der Waals surface area contributed by atoms with E-state index >= 15 is 0 Å². The molecule has 0 amide bonds. The molecule has 0 atom stereocenters. The van der Waals surface area contributed by atoms with Crippen molar-refractivity contribution in [3.8, 4) is 16.3 Å². The lowest BCUT2D eigenvalue weighted by molar-refractivity contribution is 0.415. The van der Waals surface area contributed by atoms with Gasteiger partial charge >= 0.3 is 0 Å². The lowest BCUT2D eigenvalue weighted by Gasteiger charge is -2.00. The van der Waals surface area contributed by atoms with E-state index in [-0.39, 0.29) is 0 Å². The number of fused-ring (bicyclic) bond motifs is 1. The molecule has 4 aromatic rings. The van der Waals surface area contributed by atoms with Crippen LogP contribution in [0.3, 0.4) is 0 Å². The second-order valence-electron chi connectivity index (χ2n) is 5.94. The number of rotatable bonds is 4. The van der Waals surface area contributed by atoms with Gasteiger partial charge in [-0.25, -0.2) is 4.98 Å². The minimum Gasteiger partial charge on any atom is -0.497 e. The number of hydrogen-bond donors (Lipinski definition) is 1. The van der Waals surface area contributed by atoms with E-state index in [1.54, 1.807) is 18.4 Å². The average molecular weight is 358 g/mol. The number of para-hydroxylation sites is 1. The van der Waals surface area contributed by atoms with E-state index in [4.69, 9.17) is 15.5 Å². The van der Waals surface area contributed by atoms with Crippen molar-refractivity contribution in [3.05, 3.63) is 77.9 Å². The maximum absolute atomic E-state index is 5.98. The van der Waals surface area contributed by atoms with E-state index in [0.717, 1.165) is 43.4 Å². The zero-order chi connectivity index (χ0) is 17.9. The molecule has 3 aromatic carbocycles. The molecular weight excluding hydrogens is 340 g/mol. The molecule has 4 heteroatoms. The number of ether oxygens (including phenoxy) is 1. The minimum absolute atomic E-state index is 0.783. The van der Waals surface area contributed by atoms with Gasteiger partial charge in [0.25, 0.3) is 0 Å². The summed E-state index contributed by atoms with van der Waals surface area (Å²) in [5, 5.41) is 1.01. The van der Waals surface area contributed by atoms with Crippen LogP contribution in [0, 0.1) is 0 Å². The summed E-state index contributed by atoms with van der Waals surface area (Å²) in [4.78, 5) is 4.72. The number of aromatic nitrogens is 1. The number of nitrogen functional groups attached to an aromatic ring is 1. The van der Waals surface area contributed by atoms with Crippen molar-refractivity contribution in [1.29, 1.82) is 0 Å². The number of nitrogens with two attached hydrogens (primary N) is 1. The van der Waals surface area contributed by atoms with Gasteiger partial charge in [0, 0.05) is 11.3 Å². The van der Waals surface area contributed by atoms with E-state index in [2.05, 4.69) is 30.3 Å². The monoisotopic (exact) mass is 358 g/mol. The van der Waals surface area contributed by atoms with Gasteiger partial charge in [-0.05, 0) is 35.4 Å². The smallest absolute Gasteiger partial charge is 0.124 e. The largest absolute Gasteiger partial charge is 0.497 e. The van der Waals surface area contributed by atoms with Crippen molar-refractivity contribution in [2.45, 2.75) is 0 Å². The molecule has 0 aliphatic heterocycles. The molecule has 0 aliphatic rings. The molecule has 0 unspecified atom stereocenters. The molecule has 0 aliphatic carbocycles. The topological polar surface area (TPSA) is 48.1 Å². The molecule has 2 N–H and O–H groups in total. The summed E-state index contributed by atoms with van der Waals surface area (Å²) in [5.41, 5.74) is 11.0. The van der Waals surface area contributed by atoms with E-state index in [9.17, 15) is 0 Å². The van der Waals surface area contributed by atoms with Gasteiger partial charge in [-0.15, -0.1) is 11.3 Å². The van der Waals surface area contributed by atoms with E-state index in [1.807, 2.05) is 48.5 Å². The second kappa shape index (κ2) is 7.02. The first-order valence-corrected chi connectivity index (χ1v) is 9.12. The molecule has 1 heterocycles. The molecule has 4 rings (SSSR count). The zero-order valence-corrected chi connectivity index (χ0v) is 15.2. The molecule has 128 valence electrons. The fourth-order valence-corrected chi connectivity index (χ4v) is 3.74. The Bertz CT molecular complexity index is 1080. The predicted octanol–water partition coefficient (Wildman–Crippen LogP) is 5.72. The molecule has 1 aromatic heterocycles. The van der Waals surface area contributed by atoms with Crippen LogP contribution < -0.4 is 10.5 Å². The SMILES string of the molecule is COc1ccc2nc(-c3ccc(/C=C/c4ccccc4N)cc3)sc2c1. The van der Waals surface area contributed by atoms with Gasteiger partial charge < -0.3 is 10.5 Å². The van der Waals surface area contributed by atoms with Gasteiger partial charge in [-0.1, -0.05) is 54.6 Å². The van der Waals surface area contributed by atoms with Crippen LogP contribution in [0.1, 0.15) is 11.1 Å². The van der Waals surface area contributed by atoms with Gasteiger partial charge in [-0.2, -0.15) is 0 Å². The fraction of sp³-hybridized carbons (Fsp3) is 0.0455. The van der Waals surface area contributed by atoms with E-state index < -0.39 is 0 Å². The molecule has 3 nitrogen and oxygen atoms in total. The summed E-state index contributed by atoms with van der Waals surface area (Å²) >= 11 is 1.67. The summed E-state index contributed by atoms with van der Waals surface area (Å²) in [6.07, 6.45) is 4.10. The normalized spacial score (nSPS) is 11.3. The molecule has 26 heavy (non-hydrogen) atoms. The van der Waals surface area contributed by atoms with Crippen LogP contribution >= 0.6 is 11.3 Å². The van der Waals surface area contributed by atoms with Gasteiger partial charge in [0.05, 0.1) is 17.3 Å². The highest BCUT2D eigenvalue weighted by atomic mass is 32.1.